The minimum absolute atomic E-state index is 0.286. The van der Waals surface area contributed by atoms with Crippen LogP contribution in [0, 0.1) is 12.8 Å². The van der Waals surface area contributed by atoms with Crippen LogP contribution in [-0.2, 0) is 11.2 Å². The van der Waals surface area contributed by atoms with E-state index in [0.29, 0.717) is 11.8 Å². The van der Waals surface area contributed by atoms with Crippen molar-refractivity contribution in [3.63, 3.8) is 0 Å². The Labute approximate surface area is 104 Å². The highest BCUT2D eigenvalue weighted by molar-refractivity contribution is 6.18. The molecule has 0 saturated carbocycles. The summed E-state index contributed by atoms with van der Waals surface area (Å²) < 4.78 is 5.29. The van der Waals surface area contributed by atoms with Crippen LogP contribution in [0.4, 0.5) is 0 Å². The number of alkyl halides is 1. The van der Waals surface area contributed by atoms with E-state index in [0.717, 1.165) is 12.8 Å². The van der Waals surface area contributed by atoms with Gasteiger partial charge < -0.3 is 4.74 Å². The number of hydrogen-bond donors (Lipinski definition) is 0. The minimum atomic E-state index is 0.286. The first-order valence-corrected chi connectivity index (χ1v) is 6.33. The molecule has 0 fully saturated rings. The molecule has 0 aliphatic heterocycles. The van der Waals surface area contributed by atoms with Crippen molar-refractivity contribution in [2.24, 2.45) is 5.92 Å². The molecule has 2 unspecified atom stereocenters. The van der Waals surface area contributed by atoms with E-state index in [1.165, 1.54) is 11.1 Å². The van der Waals surface area contributed by atoms with Gasteiger partial charge in [-0.2, -0.15) is 0 Å². The number of ether oxygens (including phenoxy) is 1. The van der Waals surface area contributed by atoms with E-state index < -0.39 is 0 Å². The number of methoxy groups -OCH3 is 1. The van der Waals surface area contributed by atoms with Gasteiger partial charge in [-0.05, 0) is 38.2 Å². The second-order valence-electron chi connectivity index (χ2n) is 4.50. The molecular formula is C14H21ClO. The van der Waals surface area contributed by atoms with Crippen molar-refractivity contribution in [1.82, 2.24) is 0 Å². The number of halogens is 1. The van der Waals surface area contributed by atoms with E-state index in [-0.39, 0.29) is 6.10 Å². The van der Waals surface area contributed by atoms with Crippen LogP contribution in [0.15, 0.2) is 24.3 Å². The summed E-state index contributed by atoms with van der Waals surface area (Å²) >= 11 is 6.00. The molecule has 2 heteroatoms. The van der Waals surface area contributed by atoms with Crippen molar-refractivity contribution in [3.05, 3.63) is 35.4 Å². The summed E-state index contributed by atoms with van der Waals surface area (Å²) in [7, 11) is 1.75. The molecule has 0 N–H and O–H groups in total. The highest BCUT2D eigenvalue weighted by Crippen LogP contribution is 2.17. The number of rotatable bonds is 6. The summed E-state index contributed by atoms with van der Waals surface area (Å²) in [6, 6.07) is 8.63. The van der Waals surface area contributed by atoms with Crippen molar-refractivity contribution in [2.45, 2.75) is 32.8 Å². The van der Waals surface area contributed by atoms with Crippen LogP contribution < -0.4 is 0 Å². The Hall–Kier alpha value is -0.530. The van der Waals surface area contributed by atoms with Gasteiger partial charge in [0.25, 0.3) is 0 Å². The third-order valence-electron chi connectivity index (χ3n) is 2.89. The largest absolute Gasteiger partial charge is 0.382 e. The fraction of sp³-hybridized carbons (Fsp3) is 0.571. The van der Waals surface area contributed by atoms with Gasteiger partial charge in [0, 0.05) is 13.0 Å². The second-order valence-corrected chi connectivity index (χ2v) is 4.80. The fourth-order valence-corrected chi connectivity index (χ4v) is 2.17. The molecule has 2 atom stereocenters. The Balaban J connectivity index is 2.56. The lowest BCUT2D eigenvalue weighted by Crippen LogP contribution is -2.16. The zero-order valence-corrected chi connectivity index (χ0v) is 11.1. The average molecular weight is 241 g/mol. The van der Waals surface area contributed by atoms with E-state index >= 15 is 0 Å². The molecule has 0 spiro atoms. The van der Waals surface area contributed by atoms with Gasteiger partial charge in [0.2, 0.25) is 0 Å². The van der Waals surface area contributed by atoms with Crippen LogP contribution in [-0.4, -0.2) is 19.1 Å². The van der Waals surface area contributed by atoms with E-state index in [2.05, 4.69) is 38.1 Å². The maximum absolute atomic E-state index is 6.00. The molecular weight excluding hydrogens is 220 g/mol. The van der Waals surface area contributed by atoms with Crippen LogP contribution in [0.1, 0.15) is 24.5 Å². The lowest BCUT2D eigenvalue weighted by Gasteiger charge is -2.18. The van der Waals surface area contributed by atoms with Gasteiger partial charge in [-0.1, -0.05) is 29.8 Å². The first kappa shape index (κ1) is 13.5. The van der Waals surface area contributed by atoms with Crippen LogP contribution in [0.2, 0.25) is 0 Å². The molecule has 0 radical (unpaired) electrons. The van der Waals surface area contributed by atoms with Crippen molar-refractivity contribution in [1.29, 1.82) is 0 Å². The number of hydrogen-bond acceptors (Lipinski definition) is 1. The van der Waals surface area contributed by atoms with E-state index in [1.807, 2.05) is 0 Å². The molecule has 0 aromatic heterocycles. The van der Waals surface area contributed by atoms with Crippen LogP contribution in [0.5, 0.6) is 0 Å². The summed E-state index contributed by atoms with van der Waals surface area (Å²) in [5.74, 6) is 1.19. The van der Waals surface area contributed by atoms with Gasteiger partial charge in [0.1, 0.15) is 0 Å². The Bertz CT molecular complexity index is 311. The van der Waals surface area contributed by atoms with Crippen molar-refractivity contribution < 1.29 is 4.74 Å². The van der Waals surface area contributed by atoms with Crippen LogP contribution in [0.3, 0.4) is 0 Å². The zero-order valence-electron chi connectivity index (χ0n) is 10.4. The molecule has 1 nitrogen and oxygen atoms in total. The Morgan fingerprint density at radius 2 is 2.12 bits per heavy atom. The second kappa shape index (κ2) is 6.93. The third kappa shape index (κ3) is 4.54. The van der Waals surface area contributed by atoms with Crippen LogP contribution in [0.25, 0.3) is 0 Å². The first-order valence-electron chi connectivity index (χ1n) is 5.80. The molecule has 0 amide bonds. The monoisotopic (exact) mass is 240 g/mol. The molecule has 1 aromatic rings. The summed E-state index contributed by atoms with van der Waals surface area (Å²) in [5.41, 5.74) is 2.68. The van der Waals surface area contributed by atoms with Gasteiger partial charge in [-0.3, -0.25) is 0 Å². The molecule has 1 rings (SSSR count). The Kier molecular flexibility index (Phi) is 5.86. The molecule has 1 aromatic carbocycles. The van der Waals surface area contributed by atoms with E-state index in [4.69, 9.17) is 16.3 Å². The van der Waals surface area contributed by atoms with Gasteiger partial charge in [-0.15, -0.1) is 11.6 Å². The summed E-state index contributed by atoms with van der Waals surface area (Å²) in [6.07, 6.45) is 2.35. The molecule has 90 valence electrons. The highest BCUT2D eigenvalue weighted by atomic mass is 35.5. The minimum Gasteiger partial charge on any atom is -0.382 e. The van der Waals surface area contributed by atoms with E-state index in [1.54, 1.807) is 7.11 Å². The average Bonchev–Trinajstić information content (AvgIpc) is 2.28. The molecule has 0 aliphatic carbocycles. The van der Waals surface area contributed by atoms with Crippen LogP contribution >= 0.6 is 11.6 Å². The fourth-order valence-electron chi connectivity index (χ4n) is 1.94. The number of aryl methyl sites for hydroxylation is 1. The van der Waals surface area contributed by atoms with Gasteiger partial charge in [-0.25, -0.2) is 0 Å². The zero-order chi connectivity index (χ0) is 12.0. The topological polar surface area (TPSA) is 9.23 Å². The SMILES string of the molecule is COC(C)CC(CCl)Cc1cccc(C)c1. The Morgan fingerprint density at radius 3 is 2.69 bits per heavy atom. The molecule has 0 aliphatic rings. The van der Waals surface area contributed by atoms with Crippen molar-refractivity contribution in [3.8, 4) is 0 Å². The molecule has 0 saturated heterocycles. The Morgan fingerprint density at radius 1 is 1.38 bits per heavy atom. The highest BCUT2D eigenvalue weighted by Gasteiger charge is 2.12. The summed E-state index contributed by atoms with van der Waals surface area (Å²) in [5, 5.41) is 0. The van der Waals surface area contributed by atoms with Crippen molar-refractivity contribution >= 4 is 11.6 Å². The quantitative estimate of drug-likeness (QED) is 0.687. The predicted octanol–water partition coefficient (Wildman–Crippen LogP) is 3.82. The van der Waals surface area contributed by atoms with Gasteiger partial charge in [0.05, 0.1) is 6.10 Å². The van der Waals surface area contributed by atoms with E-state index in [9.17, 15) is 0 Å². The lowest BCUT2D eigenvalue weighted by molar-refractivity contribution is 0.0978. The lowest BCUT2D eigenvalue weighted by atomic mass is 9.95. The summed E-state index contributed by atoms with van der Waals surface area (Å²) in [6.45, 7) is 4.22. The van der Waals surface area contributed by atoms with Gasteiger partial charge in [0.15, 0.2) is 0 Å². The molecule has 0 bridgehead atoms. The maximum Gasteiger partial charge on any atom is 0.0546 e. The van der Waals surface area contributed by atoms with Crippen molar-refractivity contribution in [2.75, 3.05) is 13.0 Å². The maximum atomic E-state index is 6.00. The first-order chi connectivity index (χ1) is 7.65. The van der Waals surface area contributed by atoms with Gasteiger partial charge >= 0.3 is 0 Å². The molecule has 0 heterocycles. The molecule has 16 heavy (non-hydrogen) atoms. The smallest absolute Gasteiger partial charge is 0.0546 e. The third-order valence-corrected chi connectivity index (χ3v) is 3.33. The number of benzene rings is 1. The summed E-state index contributed by atoms with van der Waals surface area (Å²) in [4.78, 5) is 0. The predicted molar refractivity (Wildman–Crippen MR) is 70.2 cm³/mol. The normalized spacial score (nSPS) is 14.8. The standard InChI is InChI=1S/C14H21ClO/c1-11-5-4-6-13(7-11)9-14(10-15)8-12(2)16-3/h4-7,12,14H,8-10H2,1-3H3.